The molecule has 3 amide bonds. The minimum atomic E-state index is -0.434. The molecule has 6 heteroatoms. The van der Waals surface area contributed by atoms with Gasteiger partial charge in [-0.2, -0.15) is 0 Å². The Kier molecular flexibility index (Phi) is 6.97. The number of carbonyl (C=O) groups excluding carboxylic acids is 2. The number of likely N-dealkylation sites (N-methyl/N-ethyl adjacent to an activating group) is 1. The number of hydrogen-bond donors (Lipinski definition) is 3. The summed E-state index contributed by atoms with van der Waals surface area (Å²) in [5, 5.41) is 7.29. The summed E-state index contributed by atoms with van der Waals surface area (Å²) >= 11 is 0. The van der Waals surface area contributed by atoms with Crippen LogP contribution in [0, 0.1) is 5.92 Å². The molecule has 1 unspecified atom stereocenters. The number of imide groups is 1. The van der Waals surface area contributed by atoms with E-state index in [4.69, 9.17) is 4.74 Å². The second-order valence-electron chi connectivity index (χ2n) is 7.01. The van der Waals surface area contributed by atoms with E-state index in [9.17, 15) is 9.59 Å². The Morgan fingerprint density at radius 2 is 1.81 bits per heavy atom. The molecule has 2 rings (SSSR count). The molecule has 0 aliphatic heterocycles. The first-order valence-corrected chi connectivity index (χ1v) is 8.83. The summed E-state index contributed by atoms with van der Waals surface area (Å²) in [5.74, 6) is 0.895. The number of fused-ring (bicyclic) bond motifs is 1. The predicted molar refractivity (Wildman–Crippen MR) is 102 cm³/mol. The zero-order chi connectivity index (χ0) is 19.1. The number of nitrogens with one attached hydrogen (secondary N) is 3. The maximum Gasteiger partial charge on any atom is 0.321 e. The lowest BCUT2D eigenvalue weighted by molar-refractivity contribution is -0.885. The molecule has 0 aromatic heterocycles. The van der Waals surface area contributed by atoms with Crippen LogP contribution >= 0.6 is 0 Å². The molecule has 3 N–H and O–H groups in total. The number of benzene rings is 2. The van der Waals surface area contributed by atoms with Crippen LogP contribution in [0.15, 0.2) is 36.4 Å². The van der Waals surface area contributed by atoms with Gasteiger partial charge in [0.1, 0.15) is 12.3 Å². The van der Waals surface area contributed by atoms with Crippen LogP contribution in [0.5, 0.6) is 5.75 Å². The summed E-state index contributed by atoms with van der Waals surface area (Å²) < 4.78 is 5.24. The van der Waals surface area contributed by atoms with E-state index in [1.165, 1.54) is 0 Å². The first-order chi connectivity index (χ1) is 12.4. The van der Waals surface area contributed by atoms with Crippen molar-refractivity contribution < 1.29 is 19.2 Å². The van der Waals surface area contributed by atoms with Gasteiger partial charge in [-0.1, -0.05) is 32.0 Å². The number of amides is 3. The summed E-state index contributed by atoms with van der Waals surface area (Å²) in [5.41, 5.74) is 1.14. The monoisotopic (exact) mass is 358 g/mol. The second kappa shape index (κ2) is 9.20. The number of hydrogen-bond acceptors (Lipinski definition) is 3. The van der Waals surface area contributed by atoms with Crippen molar-refractivity contribution in [1.82, 2.24) is 10.6 Å². The Labute approximate surface area is 154 Å². The normalized spacial score (nSPS) is 12.0. The number of carbonyl (C=O) groups is 2. The molecule has 0 aliphatic rings. The largest absolute Gasteiger partial charge is 0.497 e. The molecule has 2 aromatic rings. The van der Waals surface area contributed by atoms with E-state index in [0.29, 0.717) is 19.0 Å². The Morgan fingerprint density at radius 1 is 1.12 bits per heavy atom. The molecule has 140 valence electrons. The van der Waals surface area contributed by atoms with Gasteiger partial charge in [-0.25, -0.2) is 4.79 Å². The van der Waals surface area contributed by atoms with Gasteiger partial charge in [-0.3, -0.25) is 10.1 Å². The molecule has 0 bridgehead atoms. The van der Waals surface area contributed by atoms with Crippen molar-refractivity contribution in [2.75, 3.05) is 27.2 Å². The summed E-state index contributed by atoms with van der Waals surface area (Å²) in [6, 6.07) is 11.8. The summed E-state index contributed by atoms with van der Waals surface area (Å²) in [6.45, 7) is 5.47. The minimum Gasteiger partial charge on any atom is -0.497 e. The molecule has 26 heavy (non-hydrogen) atoms. The number of methoxy groups -OCH3 is 1. The van der Waals surface area contributed by atoms with Crippen molar-refractivity contribution in [3.63, 3.8) is 0 Å². The van der Waals surface area contributed by atoms with E-state index >= 15 is 0 Å². The van der Waals surface area contributed by atoms with Crippen LogP contribution < -0.4 is 20.3 Å². The van der Waals surface area contributed by atoms with Crippen molar-refractivity contribution in [3.05, 3.63) is 42.0 Å². The Balaban J connectivity index is 1.88. The van der Waals surface area contributed by atoms with Crippen LogP contribution in [-0.4, -0.2) is 39.2 Å². The highest BCUT2D eigenvalue weighted by molar-refractivity contribution is 5.94. The van der Waals surface area contributed by atoms with Crippen molar-refractivity contribution in [2.45, 2.75) is 20.4 Å². The molecular formula is C20H28N3O3+. The summed E-state index contributed by atoms with van der Waals surface area (Å²) in [7, 11) is 3.59. The third-order valence-corrected chi connectivity index (χ3v) is 4.00. The Morgan fingerprint density at radius 3 is 2.50 bits per heavy atom. The molecular weight excluding hydrogens is 330 g/mol. The van der Waals surface area contributed by atoms with Gasteiger partial charge in [0.25, 0.3) is 5.91 Å². The van der Waals surface area contributed by atoms with Crippen molar-refractivity contribution >= 4 is 22.7 Å². The van der Waals surface area contributed by atoms with Gasteiger partial charge in [-0.15, -0.1) is 0 Å². The van der Waals surface area contributed by atoms with Crippen LogP contribution in [0.2, 0.25) is 0 Å². The maximum atomic E-state index is 12.0. The fourth-order valence-corrected chi connectivity index (χ4v) is 2.71. The quantitative estimate of drug-likeness (QED) is 0.700. The SMILES string of the molecule is COc1ccc2cc(C[NH+](C)CC(=O)NC(=O)NCC(C)C)ccc2c1. The predicted octanol–water partition coefficient (Wildman–Crippen LogP) is 1.34. The first kappa shape index (κ1) is 19.7. The molecule has 0 spiro atoms. The zero-order valence-corrected chi connectivity index (χ0v) is 15.9. The number of quaternary nitrogens is 1. The highest BCUT2D eigenvalue weighted by Gasteiger charge is 2.14. The molecule has 6 nitrogen and oxygen atoms in total. The molecule has 0 aliphatic carbocycles. The first-order valence-electron chi connectivity index (χ1n) is 8.83. The van der Waals surface area contributed by atoms with Gasteiger partial charge < -0.3 is 15.0 Å². The standard InChI is InChI=1S/C20H27N3O3/c1-14(2)11-21-20(25)22-19(24)13-23(3)12-15-5-6-17-10-18(26-4)8-7-16(17)9-15/h5-10,14H,11-13H2,1-4H3,(H2,21,22,24,25)/p+1. The minimum absolute atomic E-state index is 0.232. The fourth-order valence-electron chi connectivity index (χ4n) is 2.71. The topological polar surface area (TPSA) is 71.9 Å². The van der Waals surface area contributed by atoms with Gasteiger partial charge in [0.2, 0.25) is 0 Å². The summed E-state index contributed by atoms with van der Waals surface area (Å²) in [4.78, 5) is 24.6. The van der Waals surface area contributed by atoms with Crippen molar-refractivity contribution in [2.24, 2.45) is 5.92 Å². The van der Waals surface area contributed by atoms with Gasteiger partial charge in [0, 0.05) is 12.1 Å². The van der Waals surface area contributed by atoms with Crippen LogP contribution in [0.1, 0.15) is 19.4 Å². The third-order valence-electron chi connectivity index (χ3n) is 4.00. The smallest absolute Gasteiger partial charge is 0.321 e. The Bertz CT molecular complexity index is 774. The lowest BCUT2D eigenvalue weighted by Gasteiger charge is -2.14. The highest BCUT2D eigenvalue weighted by atomic mass is 16.5. The van der Waals surface area contributed by atoms with E-state index < -0.39 is 6.03 Å². The number of ether oxygens (including phenoxy) is 1. The summed E-state index contributed by atoms with van der Waals surface area (Å²) in [6.07, 6.45) is 0. The maximum absolute atomic E-state index is 12.0. The average Bonchev–Trinajstić information content (AvgIpc) is 2.59. The Hall–Kier alpha value is -2.60. The van der Waals surface area contributed by atoms with Crippen LogP contribution in [0.25, 0.3) is 10.8 Å². The van der Waals surface area contributed by atoms with Gasteiger partial charge >= 0.3 is 6.03 Å². The van der Waals surface area contributed by atoms with Crippen molar-refractivity contribution in [3.8, 4) is 5.75 Å². The van der Waals surface area contributed by atoms with Gasteiger partial charge in [-0.05, 0) is 34.9 Å². The fraction of sp³-hybridized carbons (Fsp3) is 0.400. The second-order valence-corrected chi connectivity index (χ2v) is 7.01. The number of urea groups is 1. The third kappa shape index (κ3) is 6.04. The molecule has 0 heterocycles. The van der Waals surface area contributed by atoms with Gasteiger partial charge in [0.15, 0.2) is 6.54 Å². The van der Waals surface area contributed by atoms with E-state index in [-0.39, 0.29) is 12.5 Å². The van der Waals surface area contributed by atoms with E-state index in [0.717, 1.165) is 27.0 Å². The highest BCUT2D eigenvalue weighted by Crippen LogP contribution is 2.21. The molecule has 2 aromatic carbocycles. The molecule has 0 radical (unpaired) electrons. The molecule has 0 saturated carbocycles. The van der Waals surface area contributed by atoms with Gasteiger partial charge in [0.05, 0.1) is 14.2 Å². The van der Waals surface area contributed by atoms with Crippen LogP contribution in [0.4, 0.5) is 4.79 Å². The van der Waals surface area contributed by atoms with Crippen LogP contribution in [0.3, 0.4) is 0 Å². The molecule has 1 atom stereocenters. The lowest BCUT2D eigenvalue weighted by atomic mass is 10.1. The van der Waals surface area contributed by atoms with Crippen molar-refractivity contribution in [1.29, 1.82) is 0 Å². The number of rotatable bonds is 7. The van der Waals surface area contributed by atoms with Crippen LogP contribution in [-0.2, 0) is 11.3 Å². The van der Waals surface area contributed by atoms with E-state index in [2.05, 4.69) is 28.8 Å². The molecule has 0 fully saturated rings. The van der Waals surface area contributed by atoms with E-state index in [1.54, 1.807) is 7.11 Å². The zero-order valence-electron chi connectivity index (χ0n) is 15.9. The molecule has 0 saturated heterocycles. The average molecular weight is 358 g/mol. The van der Waals surface area contributed by atoms with E-state index in [1.807, 2.05) is 39.1 Å². The lowest BCUT2D eigenvalue weighted by Crippen LogP contribution is -3.09.